The summed E-state index contributed by atoms with van der Waals surface area (Å²) in [5, 5.41) is 0.749. The minimum Gasteiger partial charge on any atom is -0.385 e. The Balaban J connectivity index is 1.71. The molecular weight excluding hydrogens is 360 g/mol. The number of nitrogens with zero attached hydrogens (tertiary/aromatic N) is 2. The molecule has 146 valence electrons. The molecule has 27 heavy (non-hydrogen) atoms. The minimum absolute atomic E-state index is 0.198. The van der Waals surface area contributed by atoms with Crippen molar-refractivity contribution < 1.29 is 9.53 Å². The molecule has 1 heterocycles. The summed E-state index contributed by atoms with van der Waals surface area (Å²) < 4.78 is 7.40. The Morgan fingerprint density at radius 2 is 2.07 bits per heavy atom. The highest BCUT2D eigenvalue weighted by molar-refractivity contribution is 6.30. The highest BCUT2D eigenvalue weighted by Gasteiger charge is 2.27. The number of carbonyl (C=O) groups excluding carboxylic acids is 1. The Hall–Kier alpha value is -1.78. The number of benzene rings is 1. The third-order valence-corrected chi connectivity index (χ3v) is 5.55. The van der Waals surface area contributed by atoms with Gasteiger partial charge in [-0.05, 0) is 49.1 Å². The van der Waals surface area contributed by atoms with Crippen LogP contribution in [0.3, 0.4) is 0 Å². The number of hydrogen-bond acceptors (Lipinski definition) is 2. The van der Waals surface area contributed by atoms with Crippen LogP contribution in [0, 0.1) is 5.92 Å². The van der Waals surface area contributed by atoms with E-state index in [-0.39, 0.29) is 5.92 Å². The largest absolute Gasteiger partial charge is 0.385 e. The Morgan fingerprint density at radius 1 is 1.26 bits per heavy atom. The van der Waals surface area contributed by atoms with Gasteiger partial charge in [0.15, 0.2) is 0 Å². The van der Waals surface area contributed by atoms with Gasteiger partial charge in [-0.2, -0.15) is 0 Å². The van der Waals surface area contributed by atoms with Gasteiger partial charge >= 0.3 is 0 Å². The van der Waals surface area contributed by atoms with Crippen LogP contribution in [-0.2, 0) is 22.6 Å². The van der Waals surface area contributed by atoms with Crippen LogP contribution in [0.4, 0.5) is 0 Å². The van der Waals surface area contributed by atoms with E-state index in [1.165, 1.54) is 12.8 Å². The first-order chi connectivity index (χ1) is 13.2. The molecule has 0 bridgehead atoms. The fourth-order valence-electron chi connectivity index (χ4n) is 3.87. The quantitative estimate of drug-likeness (QED) is 0.581. The van der Waals surface area contributed by atoms with Gasteiger partial charge in [-0.25, -0.2) is 0 Å². The van der Waals surface area contributed by atoms with Gasteiger partial charge in [0, 0.05) is 49.6 Å². The van der Waals surface area contributed by atoms with Crippen molar-refractivity contribution in [1.82, 2.24) is 9.47 Å². The van der Waals surface area contributed by atoms with Crippen LogP contribution in [0.2, 0.25) is 5.02 Å². The summed E-state index contributed by atoms with van der Waals surface area (Å²) in [6, 6.07) is 12.1. The smallest absolute Gasteiger partial charge is 0.226 e. The second kappa shape index (κ2) is 9.95. The van der Waals surface area contributed by atoms with E-state index in [0.29, 0.717) is 19.1 Å². The molecule has 5 heteroatoms. The van der Waals surface area contributed by atoms with Crippen LogP contribution in [0.1, 0.15) is 43.4 Å². The fraction of sp³-hybridized carbons (Fsp3) is 0.500. The molecule has 1 aliphatic rings. The molecule has 4 nitrogen and oxygen atoms in total. The Kier molecular flexibility index (Phi) is 7.36. The van der Waals surface area contributed by atoms with Gasteiger partial charge in [-0.3, -0.25) is 4.79 Å². The number of aromatic nitrogens is 1. The van der Waals surface area contributed by atoms with Crippen molar-refractivity contribution in [2.45, 2.75) is 45.2 Å². The molecule has 1 aromatic heterocycles. The summed E-state index contributed by atoms with van der Waals surface area (Å²) >= 11 is 6.12. The lowest BCUT2D eigenvalue weighted by Crippen LogP contribution is -2.36. The fourth-order valence-corrected chi connectivity index (χ4v) is 4.09. The normalized spacial score (nSPS) is 14.6. The second-order valence-electron chi connectivity index (χ2n) is 7.34. The van der Waals surface area contributed by atoms with Crippen LogP contribution in [0.15, 0.2) is 42.6 Å². The van der Waals surface area contributed by atoms with Crippen LogP contribution in [-0.4, -0.2) is 35.6 Å². The van der Waals surface area contributed by atoms with Gasteiger partial charge in [0.2, 0.25) is 5.91 Å². The lowest BCUT2D eigenvalue weighted by Gasteiger charge is -2.26. The maximum atomic E-state index is 13.0. The summed E-state index contributed by atoms with van der Waals surface area (Å²) in [6.45, 7) is 2.82. The lowest BCUT2D eigenvalue weighted by atomic mass is 10.1. The Labute approximate surface area is 167 Å². The number of hydrogen-bond donors (Lipinski definition) is 0. The van der Waals surface area contributed by atoms with E-state index in [1.54, 1.807) is 7.11 Å². The van der Waals surface area contributed by atoms with E-state index in [0.717, 1.165) is 48.6 Å². The van der Waals surface area contributed by atoms with Gasteiger partial charge in [-0.15, -0.1) is 0 Å². The average Bonchev–Trinajstić information content (AvgIpc) is 3.33. The van der Waals surface area contributed by atoms with E-state index in [4.69, 9.17) is 16.3 Å². The van der Waals surface area contributed by atoms with Gasteiger partial charge in [0.1, 0.15) is 0 Å². The number of rotatable bonds is 9. The standard InChI is InChI=1S/C22H29ClN2O2/c1-27-14-6-13-25(22(26)19-8-2-3-9-19)17-21-11-5-12-24(21)16-18-7-4-10-20(23)15-18/h4-5,7,10-12,15,19H,2-3,6,8-9,13-14,16-17H2,1H3. The molecule has 1 saturated carbocycles. The molecule has 0 atom stereocenters. The SMILES string of the molecule is COCCCN(Cc1cccn1Cc1cccc(Cl)c1)C(=O)C1CCCC1. The van der Waals surface area contributed by atoms with Crippen molar-refractivity contribution in [2.75, 3.05) is 20.3 Å². The van der Waals surface area contributed by atoms with E-state index in [1.807, 2.05) is 29.2 Å². The maximum absolute atomic E-state index is 13.0. The molecule has 0 radical (unpaired) electrons. The highest BCUT2D eigenvalue weighted by atomic mass is 35.5. The summed E-state index contributed by atoms with van der Waals surface area (Å²) in [7, 11) is 1.71. The van der Waals surface area contributed by atoms with E-state index >= 15 is 0 Å². The van der Waals surface area contributed by atoms with Gasteiger partial charge in [-0.1, -0.05) is 36.6 Å². The van der Waals surface area contributed by atoms with Crippen LogP contribution in [0.25, 0.3) is 0 Å². The summed E-state index contributed by atoms with van der Waals surface area (Å²) in [4.78, 5) is 15.1. The number of halogens is 1. The third-order valence-electron chi connectivity index (χ3n) is 5.31. The first kappa shape index (κ1) is 20.0. The van der Waals surface area contributed by atoms with Crippen molar-refractivity contribution in [3.8, 4) is 0 Å². The maximum Gasteiger partial charge on any atom is 0.226 e. The van der Waals surface area contributed by atoms with E-state index < -0.39 is 0 Å². The molecule has 1 fully saturated rings. The topological polar surface area (TPSA) is 34.5 Å². The van der Waals surface area contributed by atoms with Crippen molar-refractivity contribution in [1.29, 1.82) is 0 Å². The zero-order valence-corrected chi connectivity index (χ0v) is 16.8. The number of amides is 1. The molecule has 1 aromatic carbocycles. The van der Waals surface area contributed by atoms with E-state index in [2.05, 4.69) is 22.9 Å². The summed E-state index contributed by atoms with van der Waals surface area (Å²) in [6.07, 6.45) is 7.35. The monoisotopic (exact) mass is 388 g/mol. The highest BCUT2D eigenvalue weighted by Crippen LogP contribution is 2.27. The van der Waals surface area contributed by atoms with Crippen molar-refractivity contribution in [3.63, 3.8) is 0 Å². The zero-order chi connectivity index (χ0) is 19.1. The van der Waals surface area contributed by atoms with E-state index in [9.17, 15) is 4.79 Å². The first-order valence-corrected chi connectivity index (χ1v) is 10.2. The zero-order valence-electron chi connectivity index (χ0n) is 16.1. The second-order valence-corrected chi connectivity index (χ2v) is 7.78. The number of ether oxygens (including phenoxy) is 1. The summed E-state index contributed by atoms with van der Waals surface area (Å²) in [5.41, 5.74) is 2.31. The Bertz CT molecular complexity index is 737. The molecular formula is C22H29ClN2O2. The molecule has 1 amide bonds. The number of carbonyl (C=O) groups is 1. The first-order valence-electron chi connectivity index (χ1n) is 9.83. The third kappa shape index (κ3) is 5.60. The number of methoxy groups -OCH3 is 1. The molecule has 0 spiro atoms. The molecule has 0 unspecified atom stereocenters. The average molecular weight is 389 g/mol. The Morgan fingerprint density at radius 3 is 2.81 bits per heavy atom. The molecule has 1 aliphatic carbocycles. The predicted molar refractivity (Wildman–Crippen MR) is 109 cm³/mol. The van der Waals surface area contributed by atoms with Gasteiger partial charge in [0.05, 0.1) is 6.54 Å². The lowest BCUT2D eigenvalue weighted by molar-refractivity contribution is -0.136. The molecule has 0 aliphatic heterocycles. The minimum atomic E-state index is 0.198. The van der Waals surface area contributed by atoms with Crippen LogP contribution in [0.5, 0.6) is 0 Å². The van der Waals surface area contributed by atoms with Crippen LogP contribution >= 0.6 is 11.6 Å². The van der Waals surface area contributed by atoms with Gasteiger partial charge in [0.25, 0.3) is 0 Å². The molecule has 2 aromatic rings. The predicted octanol–water partition coefficient (Wildman–Crippen LogP) is 4.75. The van der Waals surface area contributed by atoms with Crippen molar-refractivity contribution in [2.24, 2.45) is 5.92 Å². The van der Waals surface area contributed by atoms with Crippen molar-refractivity contribution in [3.05, 3.63) is 58.9 Å². The van der Waals surface area contributed by atoms with Crippen LogP contribution < -0.4 is 0 Å². The van der Waals surface area contributed by atoms with Crippen molar-refractivity contribution >= 4 is 17.5 Å². The molecule has 0 saturated heterocycles. The summed E-state index contributed by atoms with van der Waals surface area (Å²) in [5.74, 6) is 0.503. The van der Waals surface area contributed by atoms with Gasteiger partial charge < -0.3 is 14.2 Å². The molecule has 3 rings (SSSR count). The molecule has 0 N–H and O–H groups in total.